The molecule has 1 rings (SSSR count). The van der Waals surface area contributed by atoms with Gasteiger partial charge in [0.25, 0.3) is 0 Å². The Kier molecular flexibility index (Phi) is 3.97. The molecule has 16 heavy (non-hydrogen) atoms. The van der Waals surface area contributed by atoms with Crippen LogP contribution in [0.2, 0.25) is 0 Å². The number of sulfonamides is 1. The van der Waals surface area contributed by atoms with Crippen molar-refractivity contribution in [1.29, 1.82) is 0 Å². The molecule has 0 aromatic carbocycles. The summed E-state index contributed by atoms with van der Waals surface area (Å²) in [5.74, 6) is 0. The molecule has 0 aromatic heterocycles. The standard InChI is InChI=1S/C10H20N2O2S2/c1-8(9(11)15)16(13,14)12-6-4-10(2,3)5-7-12/h8H,4-7H2,1-3H3,(H2,11,15). The third-order valence-corrected chi connectivity index (χ3v) is 6.02. The predicted octanol–water partition coefficient (Wildman–Crippen LogP) is 1.11. The van der Waals surface area contributed by atoms with E-state index in [2.05, 4.69) is 13.8 Å². The molecule has 1 unspecified atom stereocenters. The number of rotatable bonds is 3. The van der Waals surface area contributed by atoms with E-state index in [1.54, 1.807) is 6.92 Å². The minimum Gasteiger partial charge on any atom is -0.392 e. The fourth-order valence-electron chi connectivity index (χ4n) is 1.72. The number of thiocarbonyl (C=S) groups is 1. The highest BCUT2D eigenvalue weighted by atomic mass is 32.2. The van der Waals surface area contributed by atoms with Gasteiger partial charge in [0, 0.05) is 13.1 Å². The molecular formula is C10H20N2O2S2. The van der Waals surface area contributed by atoms with Crippen molar-refractivity contribution in [3.63, 3.8) is 0 Å². The summed E-state index contributed by atoms with van der Waals surface area (Å²) in [4.78, 5) is 0.0461. The van der Waals surface area contributed by atoms with E-state index in [9.17, 15) is 8.42 Å². The van der Waals surface area contributed by atoms with Crippen LogP contribution in [0.25, 0.3) is 0 Å². The number of hydrogen-bond acceptors (Lipinski definition) is 3. The van der Waals surface area contributed by atoms with Gasteiger partial charge in [0.2, 0.25) is 10.0 Å². The van der Waals surface area contributed by atoms with Crippen molar-refractivity contribution >= 4 is 27.2 Å². The number of hydrogen-bond donors (Lipinski definition) is 1. The lowest BCUT2D eigenvalue weighted by molar-refractivity contribution is 0.195. The molecule has 0 saturated carbocycles. The van der Waals surface area contributed by atoms with Crippen molar-refractivity contribution < 1.29 is 8.42 Å². The van der Waals surface area contributed by atoms with E-state index >= 15 is 0 Å². The molecule has 1 saturated heterocycles. The van der Waals surface area contributed by atoms with Crippen LogP contribution in [0.1, 0.15) is 33.6 Å². The maximum atomic E-state index is 12.1. The highest BCUT2D eigenvalue weighted by molar-refractivity contribution is 7.92. The van der Waals surface area contributed by atoms with Crippen molar-refractivity contribution in [2.75, 3.05) is 13.1 Å². The minimum absolute atomic E-state index is 0.0461. The lowest BCUT2D eigenvalue weighted by atomic mass is 9.83. The summed E-state index contributed by atoms with van der Waals surface area (Å²) in [7, 11) is -3.34. The van der Waals surface area contributed by atoms with Crippen LogP contribution in [0.3, 0.4) is 0 Å². The Hall–Kier alpha value is -0.200. The molecule has 1 aliphatic heterocycles. The molecule has 0 radical (unpaired) electrons. The van der Waals surface area contributed by atoms with Crippen LogP contribution < -0.4 is 5.73 Å². The zero-order chi connectivity index (χ0) is 12.6. The minimum atomic E-state index is -3.34. The normalized spacial score (nSPS) is 23.9. The Morgan fingerprint density at radius 1 is 1.38 bits per heavy atom. The second-order valence-electron chi connectivity index (χ2n) is 5.15. The SMILES string of the molecule is CC(C(N)=S)S(=O)(=O)N1CCC(C)(C)CC1. The highest BCUT2D eigenvalue weighted by Gasteiger charge is 2.35. The first kappa shape index (κ1) is 13.9. The van der Waals surface area contributed by atoms with E-state index in [-0.39, 0.29) is 10.4 Å². The summed E-state index contributed by atoms with van der Waals surface area (Å²) in [6.45, 7) is 7.02. The first-order chi connectivity index (χ1) is 7.17. The monoisotopic (exact) mass is 264 g/mol. The van der Waals surface area contributed by atoms with E-state index in [1.165, 1.54) is 4.31 Å². The summed E-state index contributed by atoms with van der Waals surface area (Å²) in [6.07, 6.45) is 1.77. The first-order valence-electron chi connectivity index (χ1n) is 5.45. The second-order valence-corrected chi connectivity index (χ2v) is 7.88. The van der Waals surface area contributed by atoms with Crippen molar-refractivity contribution in [3.8, 4) is 0 Å². The Morgan fingerprint density at radius 3 is 2.19 bits per heavy atom. The average molecular weight is 264 g/mol. The molecule has 1 atom stereocenters. The van der Waals surface area contributed by atoms with E-state index in [0.717, 1.165) is 12.8 Å². The molecule has 0 aliphatic carbocycles. The molecule has 1 aliphatic rings. The predicted molar refractivity (Wildman–Crippen MR) is 69.8 cm³/mol. The van der Waals surface area contributed by atoms with Gasteiger partial charge in [0.05, 0.1) is 4.99 Å². The topological polar surface area (TPSA) is 63.4 Å². The maximum Gasteiger partial charge on any atom is 0.223 e. The lowest BCUT2D eigenvalue weighted by Crippen LogP contribution is -2.47. The van der Waals surface area contributed by atoms with Gasteiger partial charge in [-0.3, -0.25) is 0 Å². The lowest BCUT2D eigenvalue weighted by Gasteiger charge is -2.37. The van der Waals surface area contributed by atoms with E-state index < -0.39 is 15.3 Å². The van der Waals surface area contributed by atoms with Gasteiger partial charge in [0.1, 0.15) is 5.25 Å². The van der Waals surface area contributed by atoms with Gasteiger partial charge in [-0.05, 0) is 25.2 Å². The van der Waals surface area contributed by atoms with Gasteiger partial charge in [-0.2, -0.15) is 0 Å². The average Bonchev–Trinajstić information content (AvgIpc) is 2.15. The summed E-state index contributed by atoms with van der Waals surface area (Å²) < 4.78 is 25.7. The van der Waals surface area contributed by atoms with Crippen LogP contribution in [0.5, 0.6) is 0 Å². The molecule has 0 bridgehead atoms. The largest absolute Gasteiger partial charge is 0.392 e. The smallest absolute Gasteiger partial charge is 0.223 e. The third kappa shape index (κ3) is 2.93. The van der Waals surface area contributed by atoms with Crippen LogP contribution in [0.4, 0.5) is 0 Å². The number of nitrogens with two attached hydrogens (primary N) is 1. The van der Waals surface area contributed by atoms with Crippen molar-refractivity contribution in [3.05, 3.63) is 0 Å². The van der Waals surface area contributed by atoms with Gasteiger partial charge in [-0.25, -0.2) is 12.7 Å². The third-order valence-electron chi connectivity index (χ3n) is 3.28. The molecule has 0 spiro atoms. The quantitative estimate of drug-likeness (QED) is 0.776. The molecule has 1 heterocycles. The first-order valence-corrected chi connectivity index (χ1v) is 7.36. The molecule has 4 nitrogen and oxygen atoms in total. The van der Waals surface area contributed by atoms with Gasteiger partial charge in [-0.15, -0.1) is 0 Å². The molecule has 1 fully saturated rings. The molecular weight excluding hydrogens is 244 g/mol. The Morgan fingerprint density at radius 2 is 1.81 bits per heavy atom. The van der Waals surface area contributed by atoms with Crippen molar-refractivity contribution in [2.24, 2.45) is 11.1 Å². The summed E-state index contributed by atoms with van der Waals surface area (Å²) in [6, 6.07) is 0. The fraction of sp³-hybridized carbons (Fsp3) is 0.900. The Bertz CT molecular complexity index is 366. The zero-order valence-electron chi connectivity index (χ0n) is 10.1. The Labute approximate surface area is 103 Å². The van der Waals surface area contributed by atoms with Crippen LogP contribution in [0.15, 0.2) is 0 Å². The summed E-state index contributed by atoms with van der Waals surface area (Å²) >= 11 is 4.75. The summed E-state index contributed by atoms with van der Waals surface area (Å²) in [5.41, 5.74) is 5.64. The number of piperidine rings is 1. The van der Waals surface area contributed by atoms with Gasteiger partial charge < -0.3 is 5.73 Å². The van der Waals surface area contributed by atoms with Gasteiger partial charge >= 0.3 is 0 Å². The number of nitrogens with zero attached hydrogens (tertiary/aromatic N) is 1. The van der Waals surface area contributed by atoms with Gasteiger partial charge in [0.15, 0.2) is 0 Å². The van der Waals surface area contributed by atoms with Crippen LogP contribution in [-0.2, 0) is 10.0 Å². The van der Waals surface area contributed by atoms with E-state index in [4.69, 9.17) is 18.0 Å². The van der Waals surface area contributed by atoms with Crippen LogP contribution in [0, 0.1) is 5.41 Å². The molecule has 0 amide bonds. The molecule has 94 valence electrons. The van der Waals surface area contributed by atoms with Crippen LogP contribution >= 0.6 is 12.2 Å². The van der Waals surface area contributed by atoms with Crippen molar-refractivity contribution in [2.45, 2.75) is 38.9 Å². The Balaban J connectivity index is 2.77. The molecule has 6 heteroatoms. The summed E-state index contributed by atoms with van der Waals surface area (Å²) in [5, 5.41) is -0.760. The molecule has 2 N–H and O–H groups in total. The van der Waals surface area contributed by atoms with Gasteiger partial charge in [-0.1, -0.05) is 26.1 Å². The van der Waals surface area contributed by atoms with E-state index in [0.29, 0.717) is 13.1 Å². The fourth-order valence-corrected chi connectivity index (χ4v) is 3.51. The molecule has 0 aromatic rings. The van der Waals surface area contributed by atoms with Crippen molar-refractivity contribution in [1.82, 2.24) is 4.31 Å². The van der Waals surface area contributed by atoms with Crippen LogP contribution in [-0.4, -0.2) is 36.1 Å². The van der Waals surface area contributed by atoms with E-state index in [1.807, 2.05) is 0 Å². The maximum absolute atomic E-state index is 12.1. The zero-order valence-corrected chi connectivity index (χ0v) is 11.7. The second kappa shape index (κ2) is 4.58. The highest BCUT2D eigenvalue weighted by Crippen LogP contribution is 2.31.